The van der Waals surface area contributed by atoms with E-state index >= 15 is 0 Å². The van der Waals surface area contributed by atoms with Gasteiger partial charge in [-0.1, -0.05) is 18.5 Å². The molecule has 1 amide bonds. The number of hydrogen-bond donors (Lipinski definition) is 2. The molecule has 0 fully saturated rings. The Balaban J connectivity index is 1.71. The van der Waals surface area contributed by atoms with Crippen LogP contribution in [-0.4, -0.2) is 34.0 Å². The van der Waals surface area contributed by atoms with Crippen LogP contribution in [0.25, 0.3) is 11.1 Å². The molecule has 1 aromatic heterocycles. The van der Waals surface area contributed by atoms with Crippen molar-refractivity contribution in [2.24, 2.45) is 0 Å². The fraction of sp³-hybridized carbons (Fsp3) is 0.158. The Bertz CT molecular complexity index is 1060. The van der Waals surface area contributed by atoms with Gasteiger partial charge in [-0.3, -0.25) is 4.79 Å². The van der Waals surface area contributed by atoms with Gasteiger partial charge in [0.2, 0.25) is 0 Å². The highest BCUT2D eigenvalue weighted by Gasteiger charge is 2.23. The van der Waals surface area contributed by atoms with Gasteiger partial charge in [-0.2, -0.15) is 0 Å². The number of fused-ring (bicyclic) bond motifs is 1. The number of halogens is 1. The van der Waals surface area contributed by atoms with Crippen molar-refractivity contribution in [3.63, 3.8) is 0 Å². The van der Waals surface area contributed by atoms with Crippen LogP contribution in [0.3, 0.4) is 0 Å². The normalized spacial score (nSPS) is 11.8. The molecule has 1 heterocycles. The first-order valence-corrected chi connectivity index (χ1v) is 8.64. The van der Waals surface area contributed by atoms with Crippen LogP contribution in [0.5, 0.6) is 0 Å². The lowest BCUT2D eigenvalue weighted by Gasteiger charge is -2.16. The Kier molecular flexibility index (Phi) is 5.60. The van der Waals surface area contributed by atoms with Gasteiger partial charge >= 0.3 is 11.9 Å². The number of benzene rings is 2. The van der Waals surface area contributed by atoms with Crippen LogP contribution >= 0.6 is 11.6 Å². The second-order valence-corrected chi connectivity index (χ2v) is 6.23. The fourth-order valence-electron chi connectivity index (χ4n) is 2.49. The number of rotatable bonds is 6. The molecule has 2 N–H and O–H groups in total. The maximum Gasteiger partial charge on any atom is 0.338 e. The lowest BCUT2D eigenvalue weighted by Crippen LogP contribution is -2.32. The summed E-state index contributed by atoms with van der Waals surface area (Å²) in [5.41, 5.74) is 1.33. The summed E-state index contributed by atoms with van der Waals surface area (Å²) < 4.78 is 10.4. The molecule has 9 heteroatoms. The number of oxazole rings is 1. The minimum atomic E-state index is -1.22. The number of carbonyl (C=O) groups is 3. The van der Waals surface area contributed by atoms with Crippen molar-refractivity contribution in [2.45, 2.75) is 19.4 Å². The van der Waals surface area contributed by atoms with Crippen LogP contribution in [0.4, 0.5) is 5.69 Å². The molecule has 144 valence electrons. The zero-order chi connectivity index (χ0) is 20.3. The van der Waals surface area contributed by atoms with Gasteiger partial charge in [0.05, 0.1) is 16.1 Å². The van der Waals surface area contributed by atoms with Gasteiger partial charge in [-0.15, -0.1) is 0 Å². The number of nitrogens with one attached hydrogen (secondary N) is 1. The molecule has 0 aliphatic carbocycles. The maximum atomic E-state index is 12.5. The first-order chi connectivity index (χ1) is 13.4. The Morgan fingerprint density at radius 3 is 2.75 bits per heavy atom. The summed E-state index contributed by atoms with van der Waals surface area (Å²) in [6.07, 6.45) is 0.424. The largest absolute Gasteiger partial charge is 0.478 e. The number of hydrogen-bond acceptors (Lipinski definition) is 6. The number of aromatic nitrogens is 1. The van der Waals surface area contributed by atoms with Crippen LogP contribution < -0.4 is 5.32 Å². The first-order valence-electron chi connectivity index (χ1n) is 8.27. The highest BCUT2D eigenvalue weighted by atomic mass is 35.5. The number of esters is 1. The minimum Gasteiger partial charge on any atom is -0.478 e. The standard InChI is InChI=1S/C19H15ClN2O6/c1-2-15(17(23)22-11-4-5-13(20)12(8-11)18(24)25)28-19(26)10-3-6-16-14(7-10)21-9-27-16/h3-9,15H,2H2,1H3,(H,22,23)(H,24,25). The summed E-state index contributed by atoms with van der Waals surface area (Å²) in [5.74, 6) is -2.49. The summed E-state index contributed by atoms with van der Waals surface area (Å²) in [7, 11) is 0. The summed E-state index contributed by atoms with van der Waals surface area (Å²) in [6, 6.07) is 8.65. The molecule has 0 aliphatic rings. The maximum absolute atomic E-state index is 12.5. The average Bonchev–Trinajstić information content (AvgIpc) is 3.14. The van der Waals surface area contributed by atoms with E-state index in [2.05, 4.69) is 10.3 Å². The molecular weight excluding hydrogens is 388 g/mol. The highest BCUT2D eigenvalue weighted by molar-refractivity contribution is 6.33. The Morgan fingerprint density at radius 2 is 2.04 bits per heavy atom. The van der Waals surface area contributed by atoms with E-state index in [1.165, 1.54) is 36.7 Å². The molecule has 8 nitrogen and oxygen atoms in total. The summed E-state index contributed by atoms with van der Waals surface area (Å²) >= 11 is 5.81. The van der Waals surface area contributed by atoms with Gasteiger partial charge in [0.15, 0.2) is 18.1 Å². The first kappa shape index (κ1) is 19.4. The zero-order valence-corrected chi connectivity index (χ0v) is 15.4. The average molecular weight is 403 g/mol. The summed E-state index contributed by atoms with van der Waals surface area (Å²) in [6.45, 7) is 1.68. The van der Waals surface area contributed by atoms with Crippen molar-refractivity contribution < 1.29 is 28.6 Å². The van der Waals surface area contributed by atoms with Crippen LogP contribution in [0.2, 0.25) is 5.02 Å². The number of carboxylic acid groups (broad SMARTS) is 1. The number of aromatic carboxylic acids is 1. The molecule has 2 aromatic carbocycles. The monoisotopic (exact) mass is 402 g/mol. The van der Waals surface area contributed by atoms with Gasteiger partial charge in [0.1, 0.15) is 5.52 Å². The van der Waals surface area contributed by atoms with Crippen molar-refractivity contribution in [2.75, 3.05) is 5.32 Å². The summed E-state index contributed by atoms with van der Waals surface area (Å²) in [4.78, 5) is 39.9. The van der Waals surface area contributed by atoms with Gasteiger partial charge in [0.25, 0.3) is 5.91 Å². The summed E-state index contributed by atoms with van der Waals surface area (Å²) in [5, 5.41) is 11.7. The predicted molar refractivity (Wildman–Crippen MR) is 101 cm³/mol. The molecule has 0 radical (unpaired) electrons. The Morgan fingerprint density at radius 1 is 1.25 bits per heavy atom. The third-order valence-corrected chi connectivity index (χ3v) is 4.27. The molecule has 1 unspecified atom stereocenters. The lowest BCUT2D eigenvalue weighted by atomic mass is 10.1. The molecule has 0 saturated heterocycles. The molecule has 1 atom stereocenters. The number of carbonyl (C=O) groups excluding carboxylic acids is 2. The van der Waals surface area contributed by atoms with Gasteiger partial charge in [-0.25, -0.2) is 14.6 Å². The smallest absolute Gasteiger partial charge is 0.338 e. The van der Waals surface area contributed by atoms with E-state index in [0.717, 1.165) is 0 Å². The number of amides is 1. The van der Waals surface area contributed by atoms with E-state index in [4.69, 9.17) is 25.9 Å². The second-order valence-electron chi connectivity index (χ2n) is 5.83. The fourth-order valence-corrected chi connectivity index (χ4v) is 2.69. The second kappa shape index (κ2) is 8.10. The van der Waals surface area contributed by atoms with E-state index in [1.54, 1.807) is 13.0 Å². The predicted octanol–water partition coefficient (Wildman–Crippen LogP) is 3.75. The third-order valence-electron chi connectivity index (χ3n) is 3.94. The number of carboxylic acids is 1. The number of anilines is 1. The van der Waals surface area contributed by atoms with Crippen molar-refractivity contribution in [3.8, 4) is 0 Å². The van der Waals surface area contributed by atoms with Crippen molar-refractivity contribution >= 4 is 46.2 Å². The van der Waals surface area contributed by atoms with Crippen LogP contribution in [-0.2, 0) is 9.53 Å². The van der Waals surface area contributed by atoms with E-state index in [-0.39, 0.29) is 28.3 Å². The molecule has 3 aromatic rings. The van der Waals surface area contributed by atoms with E-state index in [0.29, 0.717) is 11.1 Å². The van der Waals surface area contributed by atoms with Crippen molar-refractivity contribution in [1.29, 1.82) is 0 Å². The lowest BCUT2D eigenvalue weighted by molar-refractivity contribution is -0.124. The molecule has 3 rings (SSSR count). The highest BCUT2D eigenvalue weighted by Crippen LogP contribution is 2.21. The third kappa shape index (κ3) is 4.12. The van der Waals surface area contributed by atoms with Crippen LogP contribution in [0.15, 0.2) is 47.2 Å². The zero-order valence-electron chi connectivity index (χ0n) is 14.6. The molecule has 0 saturated carbocycles. The van der Waals surface area contributed by atoms with Crippen LogP contribution in [0, 0.1) is 0 Å². The van der Waals surface area contributed by atoms with E-state index in [9.17, 15) is 14.4 Å². The van der Waals surface area contributed by atoms with Crippen LogP contribution in [0.1, 0.15) is 34.1 Å². The van der Waals surface area contributed by atoms with E-state index < -0.39 is 23.9 Å². The number of nitrogens with zero attached hydrogens (tertiary/aromatic N) is 1. The van der Waals surface area contributed by atoms with Gasteiger partial charge in [-0.05, 0) is 42.8 Å². The molecular formula is C19H15ClN2O6. The SMILES string of the molecule is CCC(OC(=O)c1ccc2ocnc2c1)C(=O)Nc1ccc(Cl)c(C(=O)O)c1. The van der Waals surface area contributed by atoms with Gasteiger partial charge in [0, 0.05) is 5.69 Å². The Labute approximate surface area is 164 Å². The topological polar surface area (TPSA) is 119 Å². The molecule has 28 heavy (non-hydrogen) atoms. The Hall–Kier alpha value is -3.39. The number of ether oxygens (including phenoxy) is 1. The van der Waals surface area contributed by atoms with Crippen molar-refractivity contribution in [1.82, 2.24) is 4.98 Å². The molecule has 0 bridgehead atoms. The minimum absolute atomic E-state index is 0.0483. The van der Waals surface area contributed by atoms with Crippen molar-refractivity contribution in [3.05, 3.63) is 58.9 Å². The quantitative estimate of drug-likeness (QED) is 0.602. The van der Waals surface area contributed by atoms with E-state index in [1.807, 2.05) is 0 Å². The molecule has 0 aliphatic heterocycles. The molecule has 0 spiro atoms. The van der Waals surface area contributed by atoms with Gasteiger partial charge < -0.3 is 19.6 Å².